The molecule has 1 heterocycles. The summed E-state index contributed by atoms with van der Waals surface area (Å²) in [6.45, 7) is 1.73. The summed E-state index contributed by atoms with van der Waals surface area (Å²) >= 11 is 11.9. The van der Waals surface area contributed by atoms with Crippen LogP contribution >= 0.6 is 23.2 Å². The first-order valence-corrected chi connectivity index (χ1v) is 12.7. The minimum absolute atomic E-state index is 0.0128. The van der Waals surface area contributed by atoms with Crippen molar-refractivity contribution in [3.63, 3.8) is 0 Å². The maximum absolute atomic E-state index is 12.9. The van der Waals surface area contributed by atoms with Crippen molar-refractivity contribution in [2.24, 2.45) is 0 Å². The lowest BCUT2D eigenvalue weighted by Crippen LogP contribution is -2.44. The molecule has 3 aromatic rings. The Labute approximate surface area is 225 Å². The number of carbonyl (C=O) groups excluding carboxylic acids is 1. The number of carboxylic acids is 1. The smallest absolute Gasteiger partial charge is 0.339 e. The number of piperidine rings is 1. The average molecular weight is 544 g/mol. The third-order valence-electron chi connectivity index (χ3n) is 5.85. The zero-order valence-electron chi connectivity index (χ0n) is 20.1. The quantitative estimate of drug-likeness (QED) is 0.305. The third-order valence-corrected chi connectivity index (χ3v) is 6.34. The van der Waals surface area contributed by atoms with Gasteiger partial charge in [-0.1, -0.05) is 29.3 Å². The van der Waals surface area contributed by atoms with Crippen molar-refractivity contribution in [3.05, 3.63) is 87.9 Å². The summed E-state index contributed by atoms with van der Waals surface area (Å²) in [4.78, 5) is 26.5. The monoisotopic (exact) mass is 543 g/mol. The number of amides is 1. The fourth-order valence-corrected chi connectivity index (χ4v) is 4.37. The van der Waals surface area contributed by atoms with E-state index >= 15 is 0 Å². The Morgan fingerprint density at radius 3 is 2.43 bits per heavy atom. The van der Waals surface area contributed by atoms with E-state index in [-0.39, 0.29) is 29.9 Å². The standard InChI is InChI=1S/C28H27Cl2NO6/c29-20-7-9-22(10-8-20)35-14-3-15-36-26-12-11-23(17-25(26)28(33)34)37-24-6-2-13-31(18-24)27(32)19-4-1-5-21(30)16-19/h1,4-5,7-12,16-17,24H,2-3,6,13-15,18H2,(H,33,34)/t24-/m1/s1. The van der Waals surface area contributed by atoms with Crippen molar-refractivity contribution in [3.8, 4) is 17.2 Å². The first-order chi connectivity index (χ1) is 17.9. The molecule has 1 amide bonds. The number of halogens is 2. The van der Waals surface area contributed by atoms with Crippen LogP contribution in [0.5, 0.6) is 17.2 Å². The highest BCUT2D eigenvalue weighted by molar-refractivity contribution is 6.31. The zero-order chi connectivity index (χ0) is 26.2. The molecule has 0 aliphatic carbocycles. The van der Waals surface area contributed by atoms with Crippen LogP contribution in [0, 0.1) is 0 Å². The first kappa shape index (κ1) is 26.6. The lowest BCUT2D eigenvalue weighted by molar-refractivity contribution is 0.0537. The molecule has 1 saturated heterocycles. The highest BCUT2D eigenvalue weighted by atomic mass is 35.5. The Balaban J connectivity index is 1.31. The Morgan fingerprint density at radius 2 is 1.68 bits per heavy atom. The van der Waals surface area contributed by atoms with Crippen LogP contribution in [0.3, 0.4) is 0 Å². The summed E-state index contributed by atoms with van der Waals surface area (Å²) in [7, 11) is 0. The van der Waals surface area contributed by atoms with Crippen molar-refractivity contribution in [2.75, 3.05) is 26.3 Å². The summed E-state index contributed by atoms with van der Waals surface area (Å²) < 4.78 is 17.4. The largest absolute Gasteiger partial charge is 0.493 e. The van der Waals surface area contributed by atoms with Crippen LogP contribution in [0.25, 0.3) is 0 Å². The van der Waals surface area contributed by atoms with E-state index in [9.17, 15) is 14.7 Å². The van der Waals surface area contributed by atoms with Gasteiger partial charge in [0.15, 0.2) is 0 Å². The molecule has 0 radical (unpaired) electrons. The van der Waals surface area contributed by atoms with Crippen LogP contribution in [-0.2, 0) is 0 Å². The molecule has 9 heteroatoms. The number of benzene rings is 3. The molecule has 3 aromatic carbocycles. The minimum Gasteiger partial charge on any atom is -0.493 e. The Morgan fingerprint density at radius 1 is 0.919 bits per heavy atom. The molecular weight excluding hydrogens is 517 g/mol. The normalized spacial score (nSPS) is 15.2. The van der Waals surface area contributed by atoms with Gasteiger partial charge in [-0.3, -0.25) is 4.79 Å². The lowest BCUT2D eigenvalue weighted by Gasteiger charge is -2.33. The average Bonchev–Trinajstić information content (AvgIpc) is 2.90. The second-order valence-electron chi connectivity index (χ2n) is 8.61. The minimum atomic E-state index is -1.11. The highest BCUT2D eigenvalue weighted by Crippen LogP contribution is 2.27. The molecule has 0 saturated carbocycles. The number of carbonyl (C=O) groups is 2. The summed E-state index contributed by atoms with van der Waals surface area (Å²) in [5, 5.41) is 10.8. The number of aromatic carboxylic acids is 1. The zero-order valence-corrected chi connectivity index (χ0v) is 21.6. The van der Waals surface area contributed by atoms with Crippen molar-refractivity contribution in [2.45, 2.75) is 25.4 Å². The third kappa shape index (κ3) is 7.54. The lowest BCUT2D eigenvalue weighted by atomic mass is 10.1. The van der Waals surface area contributed by atoms with E-state index < -0.39 is 5.97 Å². The number of rotatable bonds is 10. The van der Waals surface area contributed by atoms with Gasteiger partial charge in [0.25, 0.3) is 5.91 Å². The molecule has 1 N–H and O–H groups in total. The number of nitrogens with zero attached hydrogens (tertiary/aromatic N) is 1. The van der Waals surface area contributed by atoms with E-state index in [1.807, 2.05) is 0 Å². The molecule has 1 aliphatic rings. The van der Waals surface area contributed by atoms with E-state index in [4.69, 9.17) is 37.4 Å². The van der Waals surface area contributed by atoms with Crippen LogP contribution < -0.4 is 14.2 Å². The molecule has 0 aromatic heterocycles. The predicted molar refractivity (Wildman–Crippen MR) is 141 cm³/mol. The first-order valence-electron chi connectivity index (χ1n) is 12.0. The fraction of sp³-hybridized carbons (Fsp3) is 0.286. The van der Waals surface area contributed by atoms with Gasteiger partial charge < -0.3 is 24.2 Å². The number of hydrogen-bond donors (Lipinski definition) is 1. The van der Waals surface area contributed by atoms with Crippen LogP contribution in [0.2, 0.25) is 10.0 Å². The van der Waals surface area contributed by atoms with Crippen LogP contribution in [0.15, 0.2) is 66.7 Å². The van der Waals surface area contributed by atoms with E-state index in [1.54, 1.807) is 65.6 Å². The number of carboxylic acid groups (broad SMARTS) is 1. The Hall–Kier alpha value is -3.42. The van der Waals surface area contributed by atoms with E-state index in [1.165, 1.54) is 6.07 Å². The van der Waals surface area contributed by atoms with Crippen molar-refractivity contribution in [1.82, 2.24) is 4.90 Å². The van der Waals surface area contributed by atoms with Crippen LogP contribution in [0.1, 0.15) is 40.0 Å². The summed E-state index contributed by atoms with van der Waals surface area (Å²) in [6, 6.07) is 18.7. The van der Waals surface area contributed by atoms with Crippen molar-refractivity contribution < 1.29 is 28.9 Å². The van der Waals surface area contributed by atoms with Gasteiger partial charge in [0.1, 0.15) is 28.9 Å². The topological polar surface area (TPSA) is 85.3 Å². The molecule has 1 atom stereocenters. The van der Waals surface area contributed by atoms with E-state index in [2.05, 4.69) is 0 Å². The summed E-state index contributed by atoms with van der Waals surface area (Å²) in [5.41, 5.74) is 0.542. The number of ether oxygens (including phenoxy) is 3. The molecule has 0 spiro atoms. The van der Waals surface area contributed by atoms with Gasteiger partial charge in [0, 0.05) is 28.6 Å². The second-order valence-corrected chi connectivity index (χ2v) is 9.48. The summed E-state index contributed by atoms with van der Waals surface area (Å²) in [6.07, 6.45) is 1.85. The SMILES string of the molecule is O=C(O)c1cc(O[C@@H]2CCCN(C(=O)c3cccc(Cl)c3)C2)ccc1OCCCOc1ccc(Cl)cc1. The molecular formula is C28H27Cl2NO6. The van der Waals surface area contributed by atoms with E-state index in [0.29, 0.717) is 53.2 Å². The fourth-order valence-electron chi connectivity index (χ4n) is 4.05. The predicted octanol–water partition coefficient (Wildman–Crippen LogP) is 6.22. The van der Waals surface area contributed by atoms with Gasteiger partial charge in [-0.25, -0.2) is 4.79 Å². The molecule has 1 aliphatic heterocycles. The molecule has 1 fully saturated rings. The van der Waals surface area contributed by atoms with Gasteiger partial charge in [-0.15, -0.1) is 0 Å². The Bertz CT molecular complexity index is 1230. The molecule has 194 valence electrons. The van der Waals surface area contributed by atoms with Crippen LogP contribution in [-0.4, -0.2) is 54.3 Å². The maximum atomic E-state index is 12.9. The second kappa shape index (κ2) is 12.7. The maximum Gasteiger partial charge on any atom is 0.339 e. The molecule has 37 heavy (non-hydrogen) atoms. The van der Waals surface area contributed by atoms with Gasteiger partial charge in [-0.2, -0.15) is 0 Å². The summed E-state index contributed by atoms with van der Waals surface area (Å²) in [5.74, 6) is 0.156. The van der Waals surface area contributed by atoms with E-state index in [0.717, 1.165) is 12.8 Å². The Kier molecular flexibility index (Phi) is 9.14. The highest BCUT2D eigenvalue weighted by Gasteiger charge is 2.26. The molecule has 4 rings (SSSR count). The van der Waals surface area contributed by atoms with Gasteiger partial charge in [-0.05, 0) is 73.5 Å². The van der Waals surface area contributed by atoms with Crippen molar-refractivity contribution in [1.29, 1.82) is 0 Å². The van der Waals surface area contributed by atoms with Crippen molar-refractivity contribution >= 4 is 35.1 Å². The van der Waals surface area contributed by atoms with Gasteiger partial charge in [0.2, 0.25) is 0 Å². The molecule has 7 nitrogen and oxygen atoms in total. The van der Waals surface area contributed by atoms with Crippen LogP contribution in [0.4, 0.5) is 0 Å². The van der Waals surface area contributed by atoms with Gasteiger partial charge >= 0.3 is 5.97 Å². The van der Waals surface area contributed by atoms with Gasteiger partial charge in [0.05, 0.1) is 19.8 Å². The molecule has 0 bridgehead atoms. The molecule has 0 unspecified atom stereocenters. The number of hydrogen-bond acceptors (Lipinski definition) is 5. The number of likely N-dealkylation sites (tertiary alicyclic amines) is 1.